The molecule has 0 aliphatic heterocycles. The highest BCUT2D eigenvalue weighted by Crippen LogP contribution is 2.28. The fourth-order valence-electron chi connectivity index (χ4n) is 2.41. The summed E-state index contributed by atoms with van der Waals surface area (Å²) in [6, 6.07) is 10.3. The van der Waals surface area contributed by atoms with Gasteiger partial charge in [-0.1, -0.05) is 12.1 Å². The highest BCUT2D eigenvalue weighted by molar-refractivity contribution is 6.00. The van der Waals surface area contributed by atoms with E-state index in [-0.39, 0.29) is 12.0 Å². The Morgan fingerprint density at radius 1 is 0.962 bits per heavy atom. The number of benzene rings is 2. The van der Waals surface area contributed by atoms with Gasteiger partial charge in [-0.05, 0) is 63.1 Å². The predicted octanol–water partition coefficient (Wildman–Crippen LogP) is 3.17. The van der Waals surface area contributed by atoms with E-state index in [0.717, 1.165) is 11.1 Å². The van der Waals surface area contributed by atoms with Crippen LogP contribution in [0.15, 0.2) is 36.4 Å². The number of hydrogen-bond donors (Lipinski definition) is 2. The van der Waals surface area contributed by atoms with Crippen molar-refractivity contribution in [3.63, 3.8) is 0 Å². The lowest BCUT2D eigenvalue weighted by Gasteiger charge is -2.15. The van der Waals surface area contributed by atoms with Gasteiger partial charge in [0.15, 0.2) is 11.5 Å². The van der Waals surface area contributed by atoms with Crippen molar-refractivity contribution in [3.8, 4) is 11.5 Å². The molecule has 2 aromatic carbocycles. The summed E-state index contributed by atoms with van der Waals surface area (Å²) in [4.78, 5) is 24.6. The predicted molar refractivity (Wildman–Crippen MR) is 99.6 cm³/mol. The van der Waals surface area contributed by atoms with Gasteiger partial charge in [-0.3, -0.25) is 20.4 Å². The summed E-state index contributed by atoms with van der Waals surface area (Å²) in [6.07, 6.45) is -0.0135. The molecule has 0 unspecified atom stereocenters. The summed E-state index contributed by atoms with van der Waals surface area (Å²) in [7, 11) is 1.51. The molecule has 26 heavy (non-hydrogen) atoms. The van der Waals surface area contributed by atoms with E-state index in [1.54, 1.807) is 30.3 Å². The second-order valence-corrected chi connectivity index (χ2v) is 6.19. The maximum Gasteiger partial charge on any atom is 0.269 e. The quantitative estimate of drug-likeness (QED) is 0.807. The Bertz CT molecular complexity index is 815. The molecule has 2 rings (SSSR count). The molecule has 0 saturated heterocycles. The Morgan fingerprint density at radius 2 is 1.65 bits per heavy atom. The lowest BCUT2D eigenvalue weighted by atomic mass is 10.0. The number of methoxy groups -OCH3 is 1. The molecule has 0 aliphatic carbocycles. The topological polar surface area (TPSA) is 76.7 Å². The van der Waals surface area contributed by atoms with Gasteiger partial charge in [0.2, 0.25) is 0 Å². The molecule has 0 bridgehead atoms. The second-order valence-electron chi connectivity index (χ2n) is 6.19. The summed E-state index contributed by atoms with van der Waals surface area (Å²) in [5.41, 5.74) is 7.60. The number of carbonyl (C=O) groups is 2. The minimum atomic E-state index is -0.446. The van der Waals surface area contributed by atoms with Crippen molar-refractivity contribution >= 4 is 11.8 Å². The maximum atomic E-state index is 12.3. The number of carbonyl (C=O) groups excluding carboxylic acids is 2. The van der Waals surface area contributed by atoms with Crippen molar-refractivity contribution in [2.24, 2.45) is 0 Å². The molecule has 0 saturated carbocycles. The van der Waals surface area contributed by atoms with E-state index >= 15 is 0 Å². The minimum absolute atomic E-state index is 0.0135. The average molecular weight is 356 g/mol. The van der Waals surface area contributed by atoms with Crippen molar-refractivity contribution < 1.29 is 19.1 Å². The van der Waals surface area contributed by atoms with E-state index < -0.39 is 5.91 Å². The van der Waals surface area contributed by atoms with Crippen molar-refractivity contribution in [2.75, 3.05) is 7.11 Å². The van der Waals surface area contributed by atoms with Gasteiger partial charge in [-0.25, -0.2) is 0 Å². The first-order chi connectivity index (χ1) is 12.3. The van der Waals surface area contributed by atoms with Crippen LogP contribution in [0.1, 0.15) is 45.7 Å². The van der Waals surface area contributed by atoms with Crippen LogP contribution in [-0.2, 0) is 0 Å². The van der Waals surface area contributed by atoms with Gasteiger partial charge in [0.05, 0.1) is 13.2 Å². The van der Waals surface area contributed by atoms with Crippen LogP contribution in [0, 0.1) is 13.8 Å². The molecule has 0 spiro atoms. The van der Waals surface area contributed by atoms with Crippen LogP contribution in [0.2, 0.25) is 0 Å². The van der Waals surface area contributed by atoms with Crippen LogP contribution in [0.5, 0.6) is 11.5 Å². The van der Waals surface area contributed by atoms with Crippen molar-refractivity contribution in [1.29, 1.82) is 0 Å². The van der Waals surface area contributed by atoms with E-state index in [1.165, 1.54) is 7.11 Å². The average Bonchev–Trinajstić information content (AvgIpc) is 2.61. The lowest BCUT2D eigenvalue weighted by molar-refractivity contribution is 0.0846. The molecule has 0 aliphatic rings. The van der Waals surface area contributed by atoms with E-state index in [1.807, 2.05) is 33.8 Å². The van der Waals surface area contributed by atoms with Gasteiger partial charge in [-0.2, -0.15) is 0 Å². The van der Waals surface area contributed by atoms with Crippen LogP contribution in [0.3, 0.4) is 0 Å². The monoisotopic (exact) mass is 356 g/mol. The molecule has 2 amide bonds. The third-order valence-electron chi connectivity index (χ3n) is 3.93. The molecule has 138 valence electrons. The zero-order chi connectivity index (χ0) is 19.3. The van der Waals surface area contributed by atoms with E-state index in [2.05, 4.69) is 10.9 Å². The molecule has 0 heterocycles. The van der Waals surface area contributed by atoms with Gasteiger partial charge in [0.25, 0.3) is 11.8 Å². The van der Waals surface area contributed by atoms with Gasteiger partial charge < -0.3 is 9.47 Å². The first kappa shape index (κ1) is 19.3. The van der Waals surface area contributed by atoms with Gasteiger partial charge in [0, 0.05) is 11.1 Å². The zero-order valence-electron chi connectivity index (χ0n) is 15.7. The highest BCUT2D eigenvalue weighted by Gasteiger charge is 2.14. The SMILES string of the molecule is COc1cc(C(=O)NNC(=O)c2cccc(C)c2C)ccc1OC(C)C. The molecule has 0 aromatic heterocycles. The summed E-state index contributed by atoms with van der Waals surface area (Å²) >= 11 is 0. The molecule has 6 heteroatoms. The largest absolute Gasteiger partial charge is 0.493 e. The molecular weight excluding hydrogens is 332 g/mol. The fourth-order valence-corrected chi connectivity index (χ4v) is 2.41. The number of rotatable bonds is 5. The Labute approximate surface area is 153 Å². The molecule has 0 atom stereocenters. The first-order valence-electron chi connectivity index (χ1n) is 8.35. The molecule has 0 fully saturated rings. The summed E-state index contributed by atoms with van der Waals surface area (Å²) in [5.74, 6) is 0.190. The molecule has 2 N–H and O–H groups in total. The Hall–Kier alpha value is -3.02. The number of ether oxygens (including phenoxy) is 2. The summed E-state index contributed by atoms with van der Waals surface area (Å²) in [6.45, 7) is 7.61. The normalized spacial score (nSPS) is 10.4. The van der Waals surface area contributed by atoms with Crippen molar-refractivity contribution in [1.82, 2.24) is 10.9 Å². The Morgan fingerprint density at radius 3 is 2.31 bits per heavy atom. The molecule has 2 aromatic rings. The fraction of sp³-hybridized carbons (Fsp3) is 0.300. The van der Waals surface area contributed by atoms with Crippen LogP contribution in [0.25, 0.3) is 0 Å². The summed E-state index contributed by atoms with van der Waals surface area (Å²) < 4.78 is 10.9. The zero-order valence-corrected chi connectivity index (χ0v) is 15.7. The van der Waals surface area contributed by atoms with Crippen LogP contribution < -0.4 is 20.3 Å². The Kier molecular flexibility index (Phi) is 6.22. The first-order valence-corrected chi connectivity index (χ1v) is 8.35. The second kappa shape index (κ2) is 8.38. The smallest absolute Gasteiger partial charge is 0.269 e. The summed E-state index contributed by atoms with van der Waals surface area (Å²) in [5, 5.41) is 0. The number of hydrazine groups is 1. The van der Waals surface area contributed by atoms with Gasteiger partial charge >= 0.3 is 0 Å². The Balaban J connectivity index is 2.08. The minimum Gasteiger partial charge on any atom is -0.493 e. The van der Waals surface area contributed by atoms with Gasteiger partial charge in [0.1, 0.15) is 0 Å². The lowest BCUT2D eigenvalue weighted by Crippen LogP contribution is -2.41. The molecule has 6 nitrogen and oxygen atoms in total. The van der Waals surface area contributed by atoms with E-state index in [4.69, 9.17) is 9.47 Å². The molecule has 0 radical (unpaired) electrons. The van der Waals surface area contributed by atoms with E-state index in [0.29, 0.717) is 22.6 Å². The number of amides is 2. The third-order valence-corrected chi connectivity index (χ3v) is 3.93. The third kappa shape index (κ3) is 4.53. The van der Waals surface area contributed by atoms with Crippen LogP contribution in [-0.4, -0.2) is 25.0 Å². The van der Waals surface area contributed by atoms with Crippen LogP contribution in [0.4, 0.5) is 0 Å². The number of hydrogen-bond acceptors (Lipinski definition) is 4. The number of nitrogens with one attached hydrogen (secondary N) is 2. The number of aryl methyl sites for hydroxylation is 1. The maximum absolute atomic E-state index is 12.3. The molecular formula is C20H24N2O4. The van der Waals surface area contributed by atoms with Crippen molar-refractivity contribution in [2.45, 2.75) is 33.8 Å². The van der Waals surface area contributed by atoms with Crippen molar-refractivity contribution in [3.05, 3.63) is 58.7 Å². The van der Waals surface area contributed by atoms with E-state index in [9.17, 15) is 9.59 Å². The van der Waals surface area contributed by atoms with Crippen LogP contribution >= 0.6 is 0 Å². The highest BCUT2D eigenvalue weighted by atomic mass is 16.5. The standard InChI is InChI=1S/C20H24N2O4/c1-12(2)26-17-10-9-15(11-18(17)25-5)19(23)21-22-20(24)16-8-6-7-13(3)14(16)4/h6-12H,1-5H3,(H,21,23)(H,22,24). The van der Waals surface area contributed by atoms with Gasteiger partial charge in [-0.15, -0.1) is 0 Å².